The fourth-order valence-corrected chi connectivity index (χ4v) is 0.751. The third-order valence-corrected chi connectivity index (χ3v) is 1.44. The lowest BCUT2D eigenvalue weighted by Crippen LogP contribution is -2.08. The minimum Gasteiger partial charge on any atom is -0.352 e. The molecule has 2 nitrogen and oxygen atoms in total. The molecule has 0 aliphatic carbocycles. The van der Waals surface area contributed by atoms with E-state index in [-0.39, 0.29) is 6.29 Å². The largest absolute Gasteiger partial charge is 0.352 e. The topological polar surface area (TPSA) is 18.5 Å². The zero-order chi connectivity index (χ0) is 9.94. The molecule has 0 aromatic carbocycles. The van der Waals surface area contributed by atoms with Crippen molar-refractivity contribution in [1.82, 2.24) is 0 Å². The molecule has 0 atom stereocenters. The molecule has 0 amide bonds. The molecule has 0 aromatic rings. The van der Waals surface area contributed by atoms with Crippen molar-refractivity contribution in [2.45, 2.75) is 19.6 Å². The predicted molar refractivity (Wildman–Crippen MR) is 55.5 cm³/mol. The van der Waals surface area contributed by atoms with Crippen LogP contribution in [0.3, 0.4) is 0 Å². The standard InChI is InChI=1S/C11H18O2/c1-4-5-6-7-8-9-10-11(12-2)13-3/h5-11H,4H2,1-3H3/b6-5+,8-7+,10-9+. The van der Waals surface area contributed by atoms with Crippen LogP contribution in [0.1, 0.15) is 13.3 Å². The minimum absolute atomic E-state index is 0.250. The van der Waals surface area contributed by atoms with E-state index >= 15 is 0 Å². The van der Waals surface area contributed by atoms with Crippen molar-refractivity contribution in [3.8, 4) is 0 Å². The summed E-state index contributed by atoms with van der Waals surface area (Å²) in [5, 5.41) is 0. The molecule has 0 heterocycles. The highest BCUT2D eigenvalue weighted by atomic mass is 16.7. The van der Waals surface area contributed by atoms with E-state index in [2.05, 4.69) is 13.0 Å². The predicted octanol–water partition coefficient (Wildman–Crippen LogP) is 2.68. The Kier molecular flexibility index (Phi) is 8.62. The smallest absolute Gasteiger partial charge is 0.176 e. The summed E-state index contributed by atoms with van der Waals surface area (Å²) in [5.41, 5.74) is 0. The van der Waals surface area contributed by atoms with Gasteiger partial charge in [0.15, 0.2) is 6.29 Å². The number of rotatable bonds is 6. The Labute approximate surface area is 80.5 Å². The van der Waals surface area contributed by atoms with Gasteiger partial charge in [-0.05, 0) is 12.5 Å². The Morgan fingerprint density at radius 2 is 1.62 bits per heavy atom. The van der Waals surface area contributed by atoms with Gasteiger partial charge >= 0.3 is 0 Å². The minimum atomic E-state index is -0.250. The third-order valence-electron chi connectivity index (χ3n) is 1.44. The third kappa shape index (κ3) is 7.50. The Balaban J connectivity index is 3.71. The summed E-state index contributed by atoms with van der Waals surface area (Å²) in [6.07, 6.45) is 12.6. The molecule has 0 fully saturated rings. The molecule has 2 heteroatoms. The maximum Gasteiger partial charge on any atom is 0.176 e. The van der Waals surface area contributed by atoms with Gasteiger partial charge in [0.25, 0.3) is 0 Å². The molecule has 0 N–H and O–H groups in total. The first kappa shape index (κ1) is 12.1. The van der Waals surface area contributed by atoms with Gasteiger partial charge < -0.3 is 9.47 Å². The lowest BCUT2D eigenvalue weighted by atomic mass is 10.3. The molecule has 0 radical (unpaired) electrons. The highest BCUT2D eigenvalue weighted by molar-refractivity contribution is 5.11. The van der Waals surface area contributed by atoms with Crippen molar-refractivity contribution in [2.24, 2.45) is 0 Å². The molecule has 74 valence electrons. The van der Waals surface area contributed by atoms with E-state index < -0.39 is 0 Å². The quantitative estimate of drug-likeness (QED) is 0.464. The Morgan fingerprint density at radius 1 is 1.00 bits per heavy atom. The average molecular weight is 182 g/mol. The summed E-state index contributed by atoms with van der Waals surface area (Å²) in [7, 11) is 3.22. The molecule has 0 bridgehead atoms. The second-order valence-corrected chi connectivity index (χ2v) is 2.45. The second-order valence-electron chi connectivity index (χ2n) is 2.45. The highest BCUT2D eigenvalue weighted by Gasteiger charge is 1.94. The van der Waals surface area contributed by atoms with E-state index in [1.807, 2.05) is 30.4 Å². The summed E-state index contributed by atoms with van der Waals surface area (Å²) in [6, 6.07) is 0. The van der Waals surface area contributed by atoms with E-state index in [1.165, 1.54) is 0 Å². The van der Waals surface area contributed by atoms with E-state index in [0.29, 0.717) is 0 Å². The summed E-state index contributed by atoms with van der Waals surface area (Å²) in [6.45, 7) is 2.10. The van der Waals surface area contributed by atoms with Crippen LogP contribution in [0.25, 0.3) is 0 Å². The van der Waals surface area contributed by atoms with Gasteiger partial charge in [0.2, 0.25) is 0 Å². The molecular formula is C11H18O2. The van der Waals surface area contributed by atoms with Gasteiger partial charge in [0, 0.05) is 14.2 Å². The molecular weight excluding hydrogens is 164 g/mol. The van der Waals surface area contributed by atoms with Crippen LogP contribution in [0.15, 0.2) is 36.5 Å². The van der Waals surface area contributed by atoms with Gasteiger partial charge in [-0.25, -0.2) is 0 Å². The van der Waals surface area contributed by atoms with Gasteiger partial charge in [-0.1, -0.05) is 37.3 Å². The molecule has 0 aromatic heterocycles. The first-order chi connectivity index (χ1) is 6.35. The maximum atomic E-state index is 4.97. The van der Waals surface area contributed by atoms with E-state index in [0.717, 1.165) is 6.42 Å². The van der Waals surface area contributed by atoms with Crippen LogP contribution in [0.5, 0.6) is 0 Å². The Morgan fingerprint density at radius 3 is 2.15 bits per heavy atom. The SMILES string of the molecule is CC/C=C/C=C/C=C/C(OC)OC. The number of hydrogen-bond acceptors (Lipinski definition) is 2. The zero-order valence-electron chi connectivity index (χ0n) is 8.57. The average Bonchev–Trinajstić information content (AvgIpc) is 2.17. The van der Waals surface area contributed by atoms with Crippen LogP contribution in [-0.4, -0.2) is 20.5 Å². The summed E-state index contributed by atoms with van der Waals surface area (Å²) in [4.78, 5) is 0. The van der Waals surface area contributed by atoms with Crippen molar-refractivity contribution in [3.63, 3.8) is 0 Å². The van der Waals surface area contributed by atoms with Gasteiger partial charge in [0.1, 0.15) is 0 Å². The highest BCUT2D eigenvalue weighted by Crippen LogP contribution is 1.93. The van der Waals surface area contributed by atoms with Gasteiger partial charge in [-0.3, -0.25) is 0 Å². The fourth-order valence-electron chi connectivity index (χ4n) is 0.751. The fraction of sp³-hybridized carbons (Fsp3) is 0.455. The molecule has 13 heavy (non-hydrogen) atoms. The lowest BCUT2D eigenvalue weighted by Gasteiger charge is -2.05. The lowest BCUT2D eigenvalue weighted by molar-refractivity contribution is -0.0666. The van der Waals surface area contributed by atoms with E-state index in [4.69, 9.17) is 9.47 Å². The van der Waals surface area contributed by atoms with E-state index in [9.17, 15) is 0 Å². The van der Waals surface area contributed by atoms with Crippen LogP contribution in [-0.2, 0) is 9.47 Å². The van der Waals surface area contributed by atoms with Crippen molar-refractivity contribution in [2.75, 3.05) is 14.2 Å². The molecule has 0 unspecified atom stereocenters. The first-order valence-corrected chi connectivity index (χ1v) is 4.40. The second kappa shape index (κ2) is 9.23. The Bertz CT molecular complexity index is 177. The van der Waals surface area contributed by atoms with Crippen LogP contribution in [0.4, 0.5) is 0 Å². The molecule has 0 aliphatic rings. The summed E-state index contributed by atoms with van der Waals surface area (Å²) >= 11 is 0. The number of ether oxygens (including phenoxy) is 2. The van der Waals surface area contributed by atoms with Crippen LogP contribution >= 0.6 is 0 Å². The first-order valence-electron chi connectivity index (χ1n) is 4.40. The zero-order valence-corrected chi connectivity index (χ0v) is 8.57. The maximum absolute atomic E-state index is 4.97. The molecule has 0 saturated heterocycles. The van der Waals surface area contributed by atoms with Crippen LogP contribution in [0.2, 0.25) is 0 Å². The molecule has 0 aliphatic heterocycles. The van der Waals surface area contributed by atoms with Crippen LogP contribution in [0, 0.1) is 0 Å². The number of allylic oxidation sites excluding steroid dienone is 5. The molecule has 0 rings (SSSR count). The summed E-state index contributed by atoms with van der Waals surface area (Å²) in [5.74, 6) is 0. The molecule has 0 saturated carbocycles. The van der Waals surface area contributed by atoms with Gasteiger partial charge in [-0.2, -0.15) is 0 Å². The number of hydrogen-bond donors (Lipinski definition) is 0. The normalized spacial score (nSPS) is 12.9. The van der Waals surface area contributed by atoms with Crippen molar-refractivity contribution < 1.29 is 9.47 Å². The molecule has 0 spiro atoms. The monoisotopic (exact) mass is 182 g/mol. The van der Waals surface area contributed by atoms with Crippen molar-refractivity contribution in [1.29, 1.82) is 0 Å². The van der Waals surface area contributed by atoms with Crippen LogP contribution < -0.4 is 0 Å². The Hall–Kier alpha value is -0.860. The van der Waals surface area contributed by atoms with Gasteiger partial charge in [0.05, 0.1) is 0 Å². The summed E-state index contributed by atoms with van der Waals surface area (Å²) < 4.78 is 9.93. The van der Waals surface area contributed by atoms with Gasteiger partial charge in [-0.15, -0.1) is 0 Å². The van der Waals surface area contributed by atoms with Crippen molar-refractivity contribution in [3.05, 3.63) is 36.5 Å². The van der Waals surface area contributed by atoms with Crippen molar-refractivity contribution >= 4 is 0 Å². The number of methoxy groups -OCH3 is 2. The van der Waals surface area contributed by atoms with E-state index in [1.54, 1.807) is 14.2 Å².